The van der Waals surface area contributed by atoms with Gasteiger partial charge in [-0.2, -0.15) is 9.78 Å². The number of rotatable bonds is 4. The Bertz CT molecular complexity index is 846. The van der Waals surface area contributed by atoms with Gasteiger partial charge in [0.1, 0.15) is 18.4 Å². The molecule has 0 aliphatic carbocycles. The molecule has 1 heterocycles. The first-order valence-corrected chi connectivity index (χ1v) is 8.07. The number of aliphatic hydroxyl groups excluding tert-OH is 1. The molecule has 1 N–H and O–H groups in total. The van der Waals surface area contributed by atoms with Crippen LogP contribution in [0.15, 0.2) is 73.0 Å². The second-order valence-electron chi connectivity index (χ2n) is 6.74. The third-order valence-electron chi connectivity index (χ3n) is 3.72. The number of allylic oxidation sites excluding steroid dienone is 1. The van der Waals surface area contributed by atoms with Crippen molar-refractivity contribution in [3.05, 3.63) is 73.0 Å². The van der Waals surface area contributed by atoms with Crippen LogP contribution < -0.4 is 4.74 Å². The maximum Gasteiger partial charge on any atom is 0.261 e. The average Bonchev–Trinajstić information content (AvgIpc) is 3.14. The summed E-state index contributed by atoms with van der Waals surface area (Å²) in [5, 5.41) is 14.7. The van der Waals surface area contributed by atoms with Crippen LogP contribution in [0.3, 0.4) is 0 Å². The highest BCUT2D eigenvalue weighted by molar-refractivity contribution is 5.64. The lowest BCUT2D eigenvalue weighted by molar-refractivity contribution is 0.257. The summed E-state index contributed by atoms with van der Waals surface area (Å²) in [5.74, 6) is 0.962. The largest absolute Gasteiger partial charge is 0.506 e. The van der Waals surface area contributed by atoms with Gasteiger partial charge in [-0.15, -0.1) is 0 Å². The maximum absolute atomic E-state index is 10.6. The number of aliphatic hydroxyl groups is 1. The smallest absolute Gasteiger partial charge is 0.261 e. The van der Waals surface area contributed by atoms with E-state index in [1.807, 2.05) is 63.2 Å². The molecule has 0 atom stereocenters. The molecule has 2 aromatic carbocycles. The first-order valence-electron chi connectivity index (χ1n) is 8.07. The zero-order valence-corrected chi connectivity index (χ0v) is 14.5. The van der Waals surface area contributed by atoms with Crippen molar-refractivity contribution in [2.75, 3.05) is 0 Å². The van der Waals surface area contributed by atoms with Gasteiger partial charge in [-0.05, 0) is 23.3 Å². The molecule has 0 aliphatic rings. The van der Waals surface area contributed by atoms with Gasteiger partial charge in [0.05, 0.1) is 0 Å². The van der Waals surface area contributed by atoms with Gasteiger partial charge in [0.2, 0.25) is 0 Å². The molecule has 3 aromatic rings. The summed E-state index contributed by atoms with van der Waals surface area (Å²) < 4.78 is 7.35. The molecule has 0 unspecified atom stereocenters. The monoisotopic (exact) mass is 335 g/mol. The topological polar surface area (TPSA) is 60.2 Å². The van der Waals surface area contributed by atoms with Crippen LogP contribution in [-0.4, -0.2) is 19.9 Å². The number of aromatic nitrogens is 3. The molecule has 128 valence electrons. The lowest BCUT2D eigenvalue weighted by atomic mass is 9.94. The minimum absolute atomic E-state index is 0.102. The Labute approximate surface area is 147 Å². The Balaban J connectivity index is 1.91. The summed E-state index contributed by atoms with van der Waals surface area (Å²) in [6.07, 6.45) is 2.90. The van der Waals surface area contributed by atoms with E-state index in [0.29, 0.717) is 5.75 Å². The van der Waals surface area contributed by atoms with E-state index in [1.54, 1.807) is 0 Å². The van der Waals surface area contributed by atoms with Gasteiger partial charge in [-0.25, -0.2) is 4.98 Å². The minimum Gasteiger partial charge on any atom is -0.506 e. The van der Waals surface area contributed by atoms with E-state index in [4.69, 9.17) is 4.74 Å². The van der Waals surface area contributed by atoms with Gasteiger partial charge in [-0.3, -0.25) is 0 Å². The number of nitrogens with zero attached hydrogens (tertiary/aromatic N) is 3. The average molecular weight is 335 g/mol. The van der Waals surface area contributed by atoms with E-state index in [1.165, 1.54) is 17.3 Å². The molecule has 0 radical (unpaired) electrons. The van der Waals surface area contributed by atoms with E-state index in [2.05, 4.69) is 22.2 Å². The van der Waals surface area contributed by atoms with Crippen LogP contribution in [0.25, 0.3) is 17.0 Å². The maximum atomic E-state index is 10.6. The Kier molecular flexibility index (Phi) is 4.57. The summed E-state index contributed by atoms with van der Waals surface area (Å²) >= 11 is 0. The first-order chi connectivity index (χ1) is 11.9. The Morgan fingerprint density at radius 1 is 0.960 bits per heavy atom. The fraction of sp³-hybridized carbons (Fsp3) is 0.200. The van der Waals surface area contributed by atoms with Crippen molar-refractivity contribution in [3.8, 4) is 16.9 Å². The Hall–Kier alpha value is -3.08. The van der Waals surface area contributed by atoms with Crippen LogP contribution in [0.5, 0.6) is 5.75 Å². The Morgan fingerprint density at radius 2 is 1.60 bits per heavy atom. The van der Waals surface area contributed by atoms with Gasteiger partial charge in [-0.1, -0.05) is 63.2 Å². The minimum atomic E-state index is -0.481. The van der Waals surface area contributed by atoms with Crippen molar-refractivity contribution < 1.29 is 9.84 Å². The van der Waals surface area contributed by atoms with Crippen LogP contribution in [0.4, 0.5) is 0 Å². The lowest BCUT2D eigenvalue weighted by Gasteiger charge is -2.21. The van der Waals surface area contributed by atoms with Crippen LogP contribution >= 0.6 is 0 Å². The second-order valence-corrected chi connectivity index (χ2v) is 6.74. The van der Waals surface area contributed by atoms with Crippen LogP contribution in [0, 0.1) is 5.41 Å². The predicted octanol–water partition coefficient (Wildman–Crippen LogP) is 4.75. The molecular formula is C20H21N3O2. The summed E-state index contributed by atoms with van der Waals surface area (Å²) in [6.45, 7) is 5.71. The molecule has 0 spiro atoms. The highest BCUT2D eigenvalue weighted by Crippen LogP contribution is 2.30. The van der Waals surface area contributed by atoms with Gasteiger partial charge in [0.25, 0.3) is 5.88 Å². The zero-order chi connectivity index (χ0) is 17.9. The fourth-order valence-electron chi connectivity index (χ4n) is 2.30. The van der Waals surface area contributed by atoms with Crippen molar-refractivity contribution in [2.45, 2.75) is 20.8 Å². The quantitative estimate of drug-likeness (QED) is 0.699. The number of ether oxygens (including phenoxy) is 1. The molecule has 0 amide bonds. The number of hydrogen-bond donors (Lipinski definition) is 1. The van der Waals surface area contributed by atoms with E-state index in [9.17, 15) is 5.11 Å². The molecule has 1 aromatic heterocycles. The highest BCUT2D eigenvalue weighted by Gasteiger charge is 2.24. The SMILES string of the molecule is CC(C)(C)/C(O)=C(\Oc1ccc(-c2ccccc2)cc1)n1cncn1. The van der Waals surface area contributed by atoms with E-state index in [-0.39, 0.29) is 11.6 Å². The molecule has 0 saturated heterocycles. The van der Waals surface area contributed by atoms with Crippen molar-refractivity contribution >= 4 is 5.88 Å². The van der Waals surface area contributed by atoms with Crippen molar-refractivity contribution in [3.63, 3.8) is 0 Å². The van der Waals surface area contributed by atoms with E-state index in [0.717, 1.165) is 11.1 Å². The van der Waals surface area contributed by atoms with Crippen LogP contribution in [-0.2, 0) is 0 Å². The Morgan fingerprint density at radius 3 is 2.16 bits per heavy atom. The van der Waals surface area contributed by atoms with Gasteiger partial charge >= 0.3 is 0 Å². The molecule has 0 bridgehead atoms. The number of hydrogen-bond acceptors (Lipinski definition) is 4. The summed E-state index contributed by atoms with van der Waals surface area (Å²) in [7, 11) is 0. The number of benzene rings is 2. The summed E-state index contributed by atoms with van der Waals surface area (Å²) in [4.78, 5) is 3.93. The lowest BCUT2D eigenvalue weighted by Crippen LogP contribution is -2.17. The van der Waals surface area contributed by atoms with E-state index >= 15 is 0 Å². The highest BCUT2D eigenvalue weighted by atomic mass is 16.5. The van der Waals surface area contributed by atoms with Gasteiger partial charge < -0.3 is 9.84 Å². The van der Waals surface area contributed by atoms with E-state index < -0.39 is 5.41 Å². The van der Waals surface area contributed by atoms with Crippen molar-refractivity contribution in [2.24, 2.45) is 5.41 Å². The molecule has 25 heavy (non-hydrogen) atoms. The normalized spacial score (nSPS) is 12.6. The third-order valence-corrected chi connectivity index (χ3v) is 3.72. The van der Waals surface area contributed by atoms with Crippen molar-refractivity contribution in [1.29, 1.82) is 0 Å². The van der Waals surface area contributed by atoms with Crippen LogP contribution in [0.2, 0.25) is 0 Å². The first kappa shape index (κ1) is 16.8. The molecule has 0 saturated carbocycles. The second kappa shape index (κ2) is 6.81. The fourth-order valence-corrected chi connectivity index (χ4v) is 2.30. The molecular weight excluding hydrogens is 314 g/mol. The summed E-state index contributed by atoms with van der Waals surface area (Å²) in [5.41, 5.74) is 1.75. The molecule has 3 rings (SSSR count). The summed E-state index contributed by atoms with van der Waals surface area (Å²) in [6, 6.07) is 17.8. The van der Waals surface area contributed by atoms with Crippen molar-refractivity contribution in [1.82, 2.24) is 14.8 Å². The zero-order valence-electron chi connectivity index (χ0n) is 14.5. The third kappa shape index (κ3) is 3.88. The standard InChI is InChI=1S/C20H21N3O2/c1-20(2,3)18(24)19(23-14-21-13-22-23)25-17-11-9-16(10-12-17)15-7-5-4-6-8-15/h4-14,24H,1-3H3/b19-18+. The molecule has 0 aliphatic heterocycles. The molecule has 0 fully saturated rings. The molecule has 5 heteroatoms. The van der Waals surface area contributed by atoms with Gasteiger partial charge in [0, 0.05) is 5.41 Å². The van der Waals surface area contributed by atoms with Crippen LogP contribution in [0.1, 0.15) is 20.8 Å². The molecule has 5 nitrogen and oxygen atoms in total. The van der Waals surface area contributed by atoms with Gasteiger partial charge in [0.15, 0.2) is 5.76 Å². The predicted molar refractivity (Wildman–Crippen MR) is 97.8 cm³/mol.